The normalized spacial score (nSPS) is 8.82. The number of aliphatic imine (C=N–C) groups is 1. The lowest BCUT2D eigenvalue weighted by atomic mass is 10.2. The number of pyridine rings is 1. The lowest BCUT2D eigenvalue weighted by Gasteiger charge is -1.93. The van der Waals surface area contributed by atoms with Crippen LogP contribution in [0.5, 0.6) is 0 Å². The molecule has 3 heteroatoms. The summed E-state index contributed by atoms with van der Waals surface area (Å²) in [4.78, 5) is 17.2. The van der Waals surface area contributed by atoms with Gasteiger partial charge in [-0.2, -0.15) is 0 Å². The van der Waals surface area contributed by atoms with Gasteiger partial charge in [-0.3, -0.25) is 4.98 Å². The van der Waals surface area contributed by atoms with Crippen molar-refractivity contribution in [2.45, 2.75) is 13.5 Å². The number of rotatable bonds is 2. The van der Waals surface area contributed by atoms with Crippen LogP contribution in [0.25, 0.3) is 0 Å². The van der Waals surface area contributed by atoms with Crippen LogP contribution in [0.2, 0.25) is 0 Å². The first-order valence-corrected chi connectivity index (χ1v) is 3.28. The number of hydrogen-bond donors (Lipinski definition) is 0. The summed E-state index contributed by atoms with van der Waals surface area (Å²) in [6.07, 6.45) is 3.18. The molecule has 0 saturated carbocycles. The van der Waals surface area contributed by atoms with Gasteiger partial charge in [-0.05, 0) is 18.6 Å². The van der Waals surface area contributed by atoms with Gasteiger partial charge < -0.3 is 0 Å². The summed E-state index contributed by atoms with van der Waals surface area (Å²) in [6, 6.07) is 3.78. The molecule has 0 bridgehead atoms. The maximum Gasteiger partial charge on any atom is 0.235 e. The first kappa shape index (κ1) is 7.63. The molecule has 11 heavy (non-hydrogen) atoms. The fourth-order valence-electron chi connectivity index (χ4n) is 0.716. The predicted octanol–water partition coefficient (Wildman–Crippen LogP) is 1.23. The quantitative estimate of drug-likeness (QED) is 0.467. The minimum atomic E-state index is 0.372. The molecule has 1 heterocycles. The van der Waals surface area contributed by atoms with E-state index in [1.807, 2.05) is 19.1 Å². The largest absolute Gasteiger partial charge is 0.261 e. The van der Waals surface area contributed by atoms with Crippen LogP contribution in [0.1, 0.15) is 11.3 Å². The SMILES string of the molecule is Cc1ccc(CN=C=O)cn1. The summed E-state index contributed by atoms with van der Waals surface area (Å²) in [5.41, 5.74) is 1.89. The fourth-order valence-corrected chi connectivity index (χ4v) is 0.716. The highest BCUT2D eigenvalue weighted by atomic mass is 16.1. The third-order valence-electron chi connectivity index (χ3n) is 1.30. The van der Waals surface area contributed by atoms with Crippen molar-refractivity contribution in [2.24, 2.45) is 4.99 Å². The Morgan fingerprint density at radius 1 is 1.64 bits per heavy atom. The van der Waals surface area contributed by atoms with Gasteiger partial charge in [0.05, 0.1) is 6.54 Å². The zero-order chi connectivity index (χ0) is 8.10. The summed E-state index contributed by atoms with van der Waals surface area (Å²) >= 11 is 0. The number of isocyanates is 1. The van der Waals surface area contributed by atoms with Gasteiger partial charge in [-0.1, -0.05) is 6.07 Å². The van der Waals surface area contributed by atoms with Gasteiger partial charge in [-0.15, -0.1) is 0 Å². The molecule has 0 aliphatic carbocycles. The summed E-state index contributed by atoms with van der Waals surface area (Å²) in [7, 11) is 0. The van der Waals surface area contributed by atoms with Crippen molar-refractivity contribution in [1.29, 1.82) is 0 Å². The zero-order valence-corrected chi connectivity index (χ0v) is 6.24. The molecule has 0 spiro atoms. The van der Waals surface area contributed by atoms with Gasteiger partial charge >= 0.3 is 0 Å². The second kappa shape index (κ2) is 3.64. The Hall–Kier alpha value is -1.47. The van der Waals surface area contributed by atoms with E-state index < -0.39 is 0 Å². The van der Waals surface area contributed by atoms with Crippen LogP contribution in [0, 0.1) is 6.92 Å². The Kier molecular flexibility index (Phi) is 2.53. The summed E-state index contributed by atoms with van der Waals surface area (Å²) in [6.45, 7) is 2.28. The maximum atomic E-state index is 9.73. The molecule has 0 aliphatic rings. The standard InChI is InChI=1S/C8H8N2O/c1-7-2-3-8(5-10-7)4-9-6-11/h2-3,5H,4H2,1H3. The first-order chi connectivity index (χ1) is 5.33. The lowest BCUT2D eigenvalue weighted by Crippen LogP contribution is -1.84. The maximum absolute atomic E-state index is 9.73. The van der Waals surface area contributed by atoms with E-state index in [0.29, 0.717) is 6.54 Å². The Bertz CT molecular complexity index is 273. The average molecular weight is 148 g/mol. The van der Waals surface area contributed by atoms with Gasteiger partial charge in [0.25, 0.3) is 0 Å². The Morgan fingerprint density at radius 3 is 3.00 bits per heavy atom. The highest BCUT2D eigenvalue weighted by molar-refractivity contribution is 5.33. The fraction of sp³-hybridized carbons (Fsp3) is 0.250. The number of carbonyl (C=O) groups excluding carboxylic acids is 1. The van der Waals surface area contributed by atoms with E-state index in [0.717, 1.165) is 11.3 Å². The first-order valence-electron chi connectivity index (χ1n) is 3.28. The molecule has 0 N–H and O–H groups in total. The van der Waals surface area contributed by atoms with E-state index >= 15 is 0 Å². The van der Waals surface area contributed by atoms with Gasteiger partial charge in [0, 0.05) is 11.9 Å². The van der Waals surface area contributed by atoms with Crippen LogP contribution >= 0.6 is 0 Å². The van der Waals surface area contributed by atoms with Crippen LogP contribution < -0.4 is 0 Å². The highest BCUT2D eigenvalue weighted by Gasteiger charge is 1.89. The smallest absolute Gasteiger partial charge is 0.235 e. The zero-order valence-electron chi connectivity index (χ0n) is 6.24. The Labute approximate surface area is 64.8 Å². The van der Waals surface area contributed by atoms with Gasteiger partial charge in [-0.25, -0.2) is 9.79 Å². The van der Waals surface area contributed by atoms with Crippen molar-refractivity contribution in [3.8, 4) is 0 Å². The number of aryl methyl sites for hydroxylation is 1. The minimum absolute atomic E-state index is 0.372. The summed E-state index contributed by atoms with van der Waals surface area (Å²) in [5, 5.41) is 0. The number of nitrogens with zero attached hydrogens (tertiary/aromatic N) is 2. The Balaban J connectivity index is 2.73. The third-order valence-corrected chi connectivity index (χ3v) is 1.30. The van der Waals surface area contributed by atoms with Gasteiger partial charge in [0.2, 0.25) is 6.08 Å². The predicted molar refractivity (Wildman–Crippen MR) is 40.8 cm³/mol. The second-order valence-corrected chi connectivity index (χ2v) is 2.22. The van der Waals surface area contributed by atoms with E-state index in [4.69, 9.17) is 0 Å². The van der Waals surface area contributed by atoms with E-state index in [2.05, 4.69) is 9.98 Å². The molecule has 1 aromatic rings. The van der Waals surface area contributed by atoms with Crippen LogP contribution in [-0.4, -0.2) is 11.1 Å². The molecular weight excluding hydrogens is 140 g/mol. The van der Waals surface area contributed by atoms with Crippen molar-refractivity contribution in [3.05, 3.63) is 29.6 Å². The molecule has 0 fully saturated rings. The van der Waals surface area contributed by atoms with Crippen LogP contribution in [-0.2, 0) is 11.3 Å². The average Bonchev–Trinajstić information content (AvgIpc) is 2.04. The number of aromatic nitrogens is 1. The molecule has 3 nitrogen and oxygen atoms in total. The topological polar surface area (TPSA) is 42.3 Å². The van der Waals surface area contributed by atoms with Crippen LogP contribution in [0.15, 0.2) is 23.3 Å². The van der Waals surface area contributed by atoms with Crippen LogP contribution in [0.4, 0.5) is 0 Å². The lowest BCUT2D eigenvalue weighted by molar-refractivity contribution is 0.563. The van der Waals surface area contributed by atoms with Crippen molar-refractivity contribution < 1.29 is 4.79 Å². The highest BCUT2D eigenvalue weighted by Crippen LogP contribution is 1.99. The number of hydrogen-bond acceptors (Lipinski definition) is 3. The molecule has 0 radical (unpaired) electrons. The molecule has 0 aromatic carbocycles. The molecule has 0 aliphatic heterocycles. The molecule has 0 atom stereocenters. The molecule has 0 amide bonds. The molecule has 1 rings (SSSR count). The molecular formula is C8H8N2O. The molecule has 1 aromatic heterocycles. The van der Waals surface area contributed by atoms with Crippen molar-refractivity contribution in [2.75, 3.05) is 0 Å². The van der Waals surface area contributed by atoms with E-state index in [-0.39, 0.29) is 0 Å². The molecule has 0 unspecified atom stereocenters. The second-order valence-electron chi connectivity index (χ2n) is 2.22. The van der Waals surface area contributed by atoms with E-state index in [1.165, 1.54) is 6.08 Å². The summed E-state index contributed by atoms with van der Waals surface area (Å²) < 4.78 is 0. The van der Waals surface area contributed by atoms with Crippen LogP contribution in [0.3, 0.4) is 0 Å². The molecule has 56 valence electrons. The minimum Gasteiger partial charge on any atom is -0.261 e. The van der Waals surface area contributed by atoms with E-state index in [9.17, 15) is 4.79 Å². The van der Waals surface area contributed by atoms with Gasteiger partial charge in [0.1, 0.15) is 0 Å². The third kappa shape index (κ3) is 2.32. The van der Waals surface area contributed by atoms with Gasteiger partial charge in [0.15, 0.2) is 0 Å². The monoisotopic (exact) mass is 148 g/mol. The summed E-state index contributed by atoms with van der Waals surface area (Å²) in [5.74, 6) is 0. The van der Waals surface area contributed by atoms with E-state index in [1.54, 1.807) is 6.20 Å². The molecule has 0 saturated heterocycles. The van der Waals surface area contributed by atoms with Crippen molar-refractivity contribution in [1.82, 2.24) is 4.98 Å². The van der Waals surface area contributed by atoms with Crippen molar-refractivity contribution >= 4 is 6.08 Å². The van der Waals surface area contributed by atoms with Crippen molar-refractivity contribution in [3.63, 3.8) is 0 Å². The Morgan fingerprint density at radius 2 is 2.45 bits per heavy atom.